The van der Waals surface area contributed by atoms with Gasteiger partial charge in [-0.2, -0.15) is 0 Å². The molecule has 1 aromatic carbocycles. The van der Waals surface area contributed by atoms with Crippen LogP contribution in [0.4, 0.5) is 0 Å². The van der Waals surface area contributed by atoms with Gasteiger partial charge in [-0.15, -0.1) is 24.2 Å². The van der Waals surface area contributed by atoms with Crippen molar-refractivity contribution in [3.8, 4) is 0 Å². The molecule has 0 aromatic heterocycles. The molecule has 0 spiro atoms. The van der Waals surface area contributed by atoms with Gasteiger partial charge in [-0.1, -0.05) is 38.0 Å². The predicted molar refractivity (Wildman–Crippen MR) is 89.6 cm³/mol. The minimum absolute atomic E-state index is 0. The number of benzene rings is 1. The summed E-state index contributed by atoms with van der Waals surface area (Å²) in [4.78, 5) is 13.0. The molecule has 114 valence electrons. The molecule has 0 saturated heterocycles. The summed E-state index contributed by atoms with van der Waals surface area (Å²) >= 11 is 1.74. The van der Waals surface area contributed by atoms with E-state index in [2.05, 4.69) is 36.5 Å². The van der Waals surface area contributed by atoms with E-state index in [1.807, 2.05) is 13.8 Å². The highest BCUT2D eigenvalue weighted by atomic mass is 35.5. The highest BCUT2D eigenvalue weighted by Gasteiger charge is 2.18. The van der Waals surface area contributed by atoms with Crippen LogP contribution in [0.2, 0.25) is 0 Å². The Labute approximate surface area is 132 Å². The van der Waals surface area contributed by atoms with Gasteiger partial charge in [-0.05, 0) is 25.0 Å². The van der Waals surface area contributed by atoms with E-state index in [0.29, 0.717) is 6.54 Å². The summed E-state index contributed by atoms with van der Waals surface area (Å²) < 4.78 is 0. The maximum atomic E-state index is 11.8. The Morgan fingerprint density at radius 1 is 1.35 bits per heavy atom. The van der Waals surface area contributed by atoms with E-state index in [4.69, 9.17) is 5.73 Å². The normalized spacial score (nSPS) is 13.2. The van der Waals surface area contributed by atoms with Crippen LogP contribution in [0.15, 0.2) is 29.2 Å². The molecule has 20 heavy (non-hydrogen) atoms. The molecule has 0 aliphatic heterocycles. The van der Waals surface area contributed by atoms with Crippen molar-refractivity contribution in [3.05, 3.63) is 29.8 Å². The second kappa shape index (κ2) is 10.1. The van der Waals surface area contributed by atoms with E-state index in [1.165, 1.54) is 10.5 Å². The first kappa shape index (κ1) is 19.3. The summed E-state index contributed by atoms with van der Waals surface area (Å²) in [5, 5.41) is 2.89. The fourth-order valence-corrected chi connectivity index (χ4v) is 2.38. The lowest BCUT2D eigenvalue weighted by Crippen LogP contribution is -2.45. The van der Waals surface area contributed by atoms with Crippen molar-refractivity contribution in [3.63, 3.8) is 0 Å². The van der Waals surface area contributed by atoms with Gasteiger partial charge >= 0.3 is 0 Å². The standard InChI is InChI=1S/C15H24N2OS.ClH/c1-4-12(3)14(16)15(18)17-9-10-19-13-7-5-11(2)6-8-13;/h5-8,12,14H,4,9-10,16H2,1-3H3,(H,17,18);1H. The molecule has 0 fully saturated rings. The van der Waals surface area contributed by atoms with Crippen molar-refractivity contribution in [2.24, 2.45) is 11.7 Å². The third kappa shape index (κ3) is 6.64. The molecule has 1 rings (SSSR count). The summed E-state index contributed by atoms with van der Waals surface area (Å²) in [6.07, 6.45) is 0.923. The molecule has 0 aliphatic rings. The van der Waals surface area contributed by atoms with Crippen molar-refractivity contribution in [1.82, 2.24) is 5.32 Å². The van der Waals surface area contributed by atoms with E-state index in [1.54, 1.807) is 11.8 Å². The van der Waals surface area contributed by atoms with Gasteiger partial charge in [-0.3, -0.25) is 4.79 Å². The second-order valence-corrected chi connectivity index (χ2v) is 6.03. The van der Waals surface area contributed by atoms with E-state index < -0.39 is 6.04 Å². The minimum Gasteiger partial charge on any atom is -0.354 e. The Morgan fingerprint density at radius 3 is 2.50 bits per heavy atom. The van der Waals surface area contributed by atoms with Crippen LogP contribution in [0, 0.1) is 12.8 Å². The summed E-state index contributed by atoms with van der Waals surface area (Å²) in [6.45, 7) is 6.78. The summed E-state index contributed by atoms with van der Waals surface area (Å²) in [6, 6.07) is 8.01. The Kier molecular flexibility index (Phi) is 9.72. The lowest BCUT2D eigenvalue weighted by Gasteiger charge is -2.17. The minimum atomic E-state index is -0.394. The van der Waals surface area contributed by atoms with Gasteiger partial charge < -0.3 is 11.1 Å². The van der Waals surface area contributed by atoms with Crippen molar-refractivity contribution < 1.29 is 4.79 Å². The zero-order valence-electron chi connectivity index (χ0n) is 12.4. The highest BCUT2D eigenvalue weighted by Crippen LogP contribution is 2.17. The number of rotatable bonds is 7. The zero-order chi connectivity index (χ0) is 14.3. The SMILES string of the molecule is CCC(C)C(N)C(=O)NCCSc1ccc(C)cc1.Cl. The van der Waals surface area contributed by atoms with Gasteiger partial charge in [0.25, 0.3) is 0 Å². The van der Waals surface area contributed by atoms with Crippen molar-refractivity contribution >= 4 is 30.1 Å². The van der Waals surface area contributed by atoms with Gasteiger partial charge in [0.1, 0.15) is 0 Å². The number of aryl methyl sites for hydroxylation is 1. The molecule has 1 amide bonds. The Balaban J connectivity index is 0.00000361. The van der Waals surface area contributed by atoms with Gasteiger partial charge in [0.15, 0.2) is 0 Å². The van der Waals surface area contributed by atoms with Gasteiger partial charge in [0, 0.05) is 17.2 Å². The number of thioether (sulfide) groups is 1. The molecule has 0 radical (unpaired) electrons. The molecule has 0 bridgehead atoms. The third-order valence-corrected chi connectivity index (χ3v) is 4.26. The fourth-order valence-electron chi connectivity index (χ4n) is 1.61. The molecule has 2 unspecified atom stereocenters. The number of hydrogen-bond acceptors (Lipinski definition) is 3. The van der Waals surface area contributed by atoms with Crippen molar-refractivity contribution in [2.45, 2.75) is 38.1 Å². The quantitative estimate of drug-likeness (QED) is 0.600. The van der Waals surface area contributed by atoms with Crippen LogP contribution in [0.5, 0.6) is 0 Å². The van der Waals surface area contributed by atoms with E-state index in [-0.39, 0.29) is 24.2 Å². The molecule has 1 aromatic rings. The van der Waals surface area contributed by atoms with Crippen molar-refractivity contribution in [1.29, 1.82) is 0 Å². The van der Waals surface area contributed by atoms with Crippen LogP contribution in [-0.2, 0) is 4.79 Å². The third-order valence-electron chi connectivity index (χ3n) is 3.25. The van der Waals surface area contributed by atoms with Crippen LogP contribution in [0.25, 0.3) is 0 Å². The number of hydrogen-bond donors (Lipinski definition) is 2. The number of amides is 1. The maximum absolute atomic E-state index is 11.8. The van der Waals surface area contributed by atoms with Gasteiger partial charge in [0.2, 0.25) is 5.91 Å². The lowest BCUT2D eigenvalue weighted by molar-refractivity contribution is -0.123. The first-order chi connectivity index (χ1) is 9.04. The highest BCUT2D eigenvalue weighted by molar-refractivity contribution is 7.99. The number of nitrogens with two attached hydrogens (primary N) is 1. The molecule has 5 heteroatoms. The van der Waals surface area contributed by atoms with Gasteiger partial charge in [0.05, 0.1) is 6.04 Å². The Morgan fingerprint density at radius 2 is 1.95 bits per heavy atom. The number of halogens is 1. The van der Waals surface area contributed by atoms with E-state index in [0.717, 1.165) is 12.2 Å². The van der Waals surface area contributed by atoms with Crippen LogP contribution in [0.3, 0.4) is 0 Å². The van der Waals surface area contributed by atoms with Crippen LogP contribution < -0.4 is 11.1 Å². The molecular weight excluding hydrogens is 292 g/mol. The molecule has 2 atom stereocenters. The first-order valence-corrected chi connectivity index (χ1v) is 7.76. The molecule has 3 N–H and O–H groups in total. The summed E-state index contributed by atoms with van der Waals surface area (Å²) in [5.41, 5.74) is 7.12. The molecular formula is C15H25ClN2OS. The van der Waals surface area contributed by atoms with Crippen LogP contribution in [-0.4, -0.2) is 24.2 Å². The predicted octanol–water partition coefficient (Wildman–Crippen LogP) is 3.00. The molecule has 3 nitrogen and oxygen atoms in total. The number of carbonyl (C=O) groups excluding carboxylic acids is 1. The van der Waals surface area contributed by atoms with Gasteiger partial charge in [-0.25, -0.2) is 0 Å². The monoisotopic (exact) mass is 316 g/mol. The molecule has 0 heterocycles. The smallest absolute Gasteiger partial charge is 0.237 e. The fraction of sp³-hybridized carbons (Fsp3) is 0.533. The summed E-state index contributed by atoms with van der Waals surface area (Å²) in [7, 11) is 0. The van der Waals surface area contributed by atoms with Crippen LogP contribution in [0.1, 0.15) is 25.8 Å². The Hall–Kier alpha value is -0.710. The maximum Gasteiger partial charge on any atom is 0.237 e. The second-order valence-electron chi connectivity index (χ2n) is 4.86. The van der Waals surface area contributed by atoms with E-state index in [9.17, 15) is 4.79 Å². The van der Waals surface area contributed by atoms with Crippen molar-refractivity contribution in [2.75, 3.05) is 12.3 Å². The number of nitrogens with one attached hydrogen (secondary N) is 1. The summed E-state index contributed by atoms with van der Waals surface area (Å²) in [5.74, 6) is 1.05. The molecule has 0 aliphatic carbocycles. The average Bonchev–Trinajstić information content (AvgIpc) is 2.43. The average molecular weight is 317 g/mol. The first-order valence-electron chi connectivity index (χ1n) is 6.77. The lowest BCUT2D eigenvalue weighted by atomic mass is 9.99. The largest absolute Gasteiger partial charge is 0.354 e. The topological polar surface area (TPSA) is 55.1 Å². The van der Waals surface area contributed by atoms with Crippen LogP contribution >= 0.6 is 24.2 Å². The Bertz CT molecular complexity index is 397. The number of carbonyl (C=O) groups is 1. The molecule has 0 saturated carbocycles. The zero-order valence-corrected chi connectivity index (χ0v) is 14.0. The van der Waals surface area contributed by atoms with E-state index >= 15 is 0 Å².